The fraction of sp³-hybridized carbons (Fsp3) is 0.300. The molecule has 0 bridgehead atoms. The van der Waals surface area contributed by atoms with Gasteiger partial charge in [0.25, 0.3) is 0 Å². The van der Waals surface area contributed by atoms with Crippen LogP contribution in [-0.4, -0.2) is 35.5 Å². The number of nitrogens with zero attached hydrogens (tertiary/aromatic N) is 1. The van der Waals surface area contributed by atoms with Gasteiger partial charge in [0, 0.05) is 12.1 Å². The Labute approximate surface area is 146 Å². The van der Waals surface area contributed by atoms with Gasteiger partial charge in [0.2, 0.25) is 5.91 Å². The lowest BCUT2D eigenvalue weighted by Gasteiger charge is -2.35. The number of hydrogen-bond acceptors (Lipinski definition) is 3. The highest BCUT2D eigenvalue weighted by Crippen LogP contribution is 2.31. The molecule has 0 saturated carbocycles. The lowest BCUT2D eigenvalue weighted by molar-refractivity contribution is -0.151. The van der Waals surface area contributed by atoms with E-state index in [4.69, 9.17) is 4.74 Å². The number of carboxylic acids is 1. The average Bonchev–Trinajstić information content (AvgIpc) is 2.60. The van der Waals surface area contributed by atoms with Gasteiger partial charge in [-0.1, -0.05) is 42.0 Å². The van der Waals surface area contributed by atoms with Crippen LogP contribution in [0.3, 0.4) is 0 Å². The van der Waals surface area contributed by atoms with Gasteiger partial charge in [0.05, 0.1) is 13.5 Å². The van der Waals surface area contributed by atoms with Gasteiger partial charge in [0.1, 0.15) is 5.75 Å². The lowest BCUT2D eigenvalue weighted by Crippen LogP contribution is -2.44. The summed E-state index contributed by atoms with van der Waals surface area (Å²) in [6.07, 6.45) is 0.785. The number of aliphatic carboxylic acids is 1. The number of ether oxygens (including phenoxy) is 1. The summed E-state index contributed by atoms with van der Waals surface area (Å²) >= 11 is 0. The van der Waals surface area contributed by atoms with E-state index >= 15 is 0 Å². The average molecular weight is 339 g/mol. The van der Waals surface area contributed by atoms with Crippen molar-refractivity contribution in [3.05, 3.63) is 64.7 Å². The van der Waals surface area contributed by atoms with Crippen molar-refractivity contribution in [3.63, 3.8) is 0 Å². The number of amides is 1. The van der Waals surface area contributed by atoms with Gasteiger partial charge < -0.3 is 14.7 Å². The summed E-state index contributed by atoms with van der Waals surface area (Å²) in [6, 6.07) is 12.1. The molecule has 0 radical (unpaired) electrons. The predicted molar refractivity (Wildman–Crippen MR) is 93.7 cm³/mol. The number of hydrogen-bond donors (Lipinski definition) is 1. The Morgan fingerprint density at radius 2 is 2.00 bits per heavy atom. The maximum atomic E-state index is 12.9. The summed E-state index contributed by atoms with van der Waals surface area (Å²) in [5.41, 5.74) is 3.50. The Morgan fingerprint density at radius 3 is 2.72 bits per heavy atom. The molecule has 0 aliphatic carbocycles. The summed E-state index contributed by atoms with van der Waals surface area (Å²) < 4.78 is 5.33. The molecule has 130 valence electrons. The van der Waals surface area contributed by atoms with E-state index in [1.165, 1.54) is 4.90 Å². The van der Waals surface area contributed by atoms with E-state index in [0.29, 0.717) is 24.3 Å². The molecule has 1 N–H and O–H groups in total. The van der Waals surface area contributed by atoms with E-state index in [-0.39, 0.29) is 12.3 Å². The highest BCUT2D eigenvalue weighted by molar-refractivity contribution is 5.87. The van der Waals surface area contributed by atoms with Crippen LogP contribution < -0.4 is 4.74 Å². The molecule has 5 nitrogen and oxygen atoms in total. The van der Waals surface area contributed by atoms with Crippen molar-refractivity contribution in [2.24, 2.45) is 0 Å². The van der Waals surface area contributed by atoms with E-state index in [0.717, 1.165) is 16.7 Å². The third-order valence-corrected chi connectivity index (χ3v) is 4.62. The van der Waals surface area contributed by atoms with Gasteiger partial charge in [0.15, 0.2) is 6.04 Å². The van der Waals surface area contributed by atoms with Gasteiger partial charge in [-0.2, -0.15) is 0 Å². The van der Waals surface area contributed by atoms with Crippen LogP contribution in [0.2, 0.25) is 0 Å². The molecule has 5 heteroatoms. The first-order valence-electron chi connectivity index (χ1n) is 8.25. The number of methoxy groups -OCH3 is 1. The second-order valence-corrected chi connectivity index (χ2v) is 6.27. The van der Waals surface area contributed by atoms with Crippen molar-refractivity contribution in [1.82, 2.24) is 4.90 Å². The number of carboxylic acid groups (broad SMARTS) is 1. The van der Waals surface area contributed by atoms with Crippen LogP contribution in [0.5, 0.6) is 5.75 Å². The third kappa shape index (κ3) is 3.36. The molecule has 25 heavy (non-hydrogen) atoms. The Hall–Kier alpha value is -2.82. The second kappa shape index (κ2) is 6.97. The van der Waals surface area contributed by atoms with E-state index in [2.05, 4.69) is 0 Å². The summed E-state index contributed by atoms with van der Waals surface area (Å²) in [7, 11) is 1.57. The molecular weight excluding hydrogens is 318 g/mol. The van der Waals surface area contributed by atoms with E-state index in [1.54, 1.807) is 13.2 Å². The molecule has 1 aliphatic heterocycles. The van der Waals surface area contributed by atoms with Crippen molar-refractivity contribution in [2.75, 3.05) is 13.7 Å². The molecular formula is C20H21NO4. The number of fused-ring (bicyclic) bond motifs is 1. The van der Waals surface area contributed by atoms with Gasteiger partial charge in [-0.15, -0.1) is 0 Å². The summed E-state index contributed by atoms with van der Waals surface area (Å²) in [6.45, 7) is 2.35. The maximum absolute atomic E-state index is 12.9. The smallest absolute Gasteiger partial charge is 0.331 e. The first kappa shape index (κ1) is 17.0. The molecule has 0 spiro atoms. The molecule has 1 amide bonds. The SMILES string of the molecule is COc1ccc(C)cc1CC(=O)N1CCc2ccccc2C1C(=O)O. The van der Waals surface area contributed by atoms with Crippen molar-refractivity contribution < 1.29 is 19.4 Å². The topological polar surface area (TPSA) is 66.8 Å². The zero-order valence-electron chi connectivity index (χ0n) is 14.4. The summed E-state index contributed by atoms with van der Waals surface area (Å²) in [5.74, 6) is -0.564. The Kier molecular flexibility index (Phi) is 4.74. The molecule has 1 aliphatic rings. The van der Waals surface area contributed by atoms with Gasteiger partial charge in [-0.25, -0.2) is 4.79 Å². The largest absolute Gasteiger partial charge is 0.496 e. The fourth-order valence-electron chi connectivity index (χ4n) is 3.41. The number of benzene rings is 2. The van der Waals surface area contributed by atoms with Gasteiger partial charge in [-0.3, -0.25) is 4.79 Å². The minimum atomic E-state index is -1.00. The molecule has 0 fully saturated rings. The Morgan fingerprint density at radius 1 is 1.24 bits per heavy atom. The van der Waals surface area contributed by atoms with Crippen LogP contribution in [0.25, 0.3) is 0 Å². The zero-order valence-corrected chi connectivity index (χ0v) is 14.4. The summed E-state index contributed by atoms with van der Waals surface area (Å²) in [4.78, 5) is 26.2. The second-order valence-electron chi connectivity index (χ2n) is 6.27. The lowest BCUT2D eigenvalue weighted by atomic mass is 9.92. The molecule has 0 aromatic heterocycles. The first-order chi connectivity index (χ1) is 12.0. The Balaban J connectivity index is 1.90. The molecule has 3 rings (SSSR count). The highest BCUT2D eigenvalue weighted by Gasteiger charge is 2.35. The van der Waals surface area contributed by atoms with Crippen molar-refractivity contribution >= 4 is 11.9 Å². The van der Waals surface area contributed by atoms with E-state index < -0.39 is 12.0 Å². The number of carbonyl (C=O) groups excluding carboxylic acids is 1. The van der Waals surface area contributed by atoms with Crippen molar-refractivity contribution in [1.29, 1.82) is 0 Å². The van der Waals surface area contributed by atoms with E-state index in [1.807, 2.05) is 43.3 Å². The van der Waals surface area contributed by atoms with Crippen molar-refractivity contribution in [2.45, 2.75) is 25.8 Å². The zero-order chi connectivity index (χ0) is 18.0. The fourth-order valence-corrected chi connectivity index (χ4v) is 3.41. The molecule has 1 unspecified atom stereocenters. The molecule has 1 heterocycles. The third-order valence-electron chi connectivity index (χ3n) is 4.62. The minimum absolute atomic E-state index is 0.122. The van der Waals surface area contributed by atoms with Crippen LogP contribution in [0.15, 0.2) is 42.5 Å². The van der Waals surface area contributed by atoms with Gasteiger partial charge >= 0.3 is 5.97 Å². The molecule has 1 atom stereocenters. The van der Waals surface area contributed by atoms with Crippen LogP contribution in [0.4, 0.5) is 0 Å². The number of rotatable bonds is 4. The maximum Gasteiger partial charge on any atom is 0.331 e. The normalized spacial score (nSPS) is 16.2. The van der Waals surface area contributed by atoms with Gasteiger partial charge in [-0.05, 0) is 30.5 Å². The predicted octanol–water partition coefficient (Wildman–Crippen LogP) is 2.76. The quantitative estimate of drug-likeness (QED) is 0.930. The first-order valence-corrected chi connectivity index (χ1v) is 8.25. The number of aryl methyl sites for hydroxylation is 1. The monoisotopic (exact) mass is 339 g/mol. The van der Waals surface area contributed by atoms with Crippen molar-refractivity contribution in [3.8, 4) is 5.75 Å². The molecule has 2 aromatic rings. The number of carbonyl (C=O) groups is 2. The molecule has 2 aromatic carbocycles. The van der Waals surface area contributed by atoms with Crippen LogP contribution in [-0.2, 0) is 22.4 Å². The summed E-state index contributed by atoms with van der Waals surface area (Å²) in [5, 5.41) is 9.70. The molecule has 0 saturated heterocycles. The minimum Gasteiger partial charge on any atom is -0.496 e. The standard InChI is InChI=1S/C20H21NO4/c1-13-7-8-17(25-2)15(11-13)12-18(22)21-10-9-14-5-3-4-6-16(14)19(21)20(23)24/h3-8,11,19H,9-10,12H2,1-2H3,(H,23,24). The Bertz CT molecular complexity index is 815. The van der Waals surface area contributed by atoms with Crippen LogP contribution in [0, 0.1) is 6.92 Å². The van der Waals surface area contributed by atoms with Crippen LogP contribution >= 0.6 is 0 Å². The van der Waals surface area contributed by atoms with E-state index in [9.17, 15) is 14.7 Å². The van der Waals surface area contributed by atoms with Crippen LogP contribution in [0.1, 0.15) is 28.3 Å². The highest BCUT2D eigenvalue weighted by atomic mass is 16.5.